The maximum atomic E-state index is 2.50. The van der Waals surface area contributed by atoms with Gasteiger partial charge in [-0.1, -0.05) is 143 Å². The molecule has 1 nitrogen and oxygen atoms in total. The van der Waals surface area contributed by atoms with Gasteiger partial charge in [0.05, 0.1) is 5.69 Å². The predicted molar refractivity (Wildman–Crippen MR) is 206 cm³/mol. The van der Waals surface area contributed by atoms with Crippen LogP contribution in [-0.2, 0) is 5.41 Å². The normalized spacial score (nSPS) is 13.0. The van der Waals surface area contributed by atoms with Crippen molar-refractivity contribution in [3.63, 3.8) is 0 Å². The van der Waals surface area contributed by atoms with Gasteiger partial charge in [-0.15, -0.1) is 0 Å². The summed E-state index contributed by atoms with van der Waals surface area (Å²) in [6.07, 6.45) is 0. The van der Waals surface area contributed by atoms with Crippen molar-refractivity contribution in [3.8, 4) is 33.4 Å². The van der Waals surface area contributed by atoms with Crippen LogP contribution in [-0.4, -0.2) is 0 Å². The molecule has 234 valence electrons. The van der Waals surface area contributed by atoms with Crippen molar-refractivity contribution in [1.29, 1.82) is 0 Å². The topological polar surface area (TPSA) is 3.24 Å². The second-order valence-electron chi connectivity index (χ2n) is 14.1. The first-order valence-electron chi connectivity index (χ1n) is 17.1. The highest BCUT2D eigenvalue weighted by molar-refractivity contribution is 5.99. The van der Waals surface area contributed by atoms with Crippen LogP contribution in [0.25, 0.3) is 44.2 Å². The molecule has 0 amide bonds. The highest BCUT2D eigenvalue weighted by atomic mass is 15.1. The van der Waals surface area contributed by atoms with Crippen molar-refractivity contribution >= 4 is 27.8 Å². The lowest BCUT2D eigenvalue weighted by Gasteiger charge is -2.31. The summed E-state index contributed by atoms with van der Waals surface area (Å²) < 4.78 is 0. The first kappa shape index (κ1) is 30.0. The Balaban J connectivity index is 1.43. The lowest BCUT2D eigenvalue weighted by molar-refractivity contribution is 0.660. The van der Waals surface area contributed by atoms with Gasteiger partial charge >= 0.3 is 0 Å². The van der Waals surface area contributed by atoms with Crippen LogP contribution in [0.1, 0.15) is 55.9 Å². The number of hydrogen-bond acceptors (Lipinski definition) is 1. The van der Waals surface area contributed by atoms with Crippen LogP contribution in [0.3, 0.4) is 0 Å². The molecule has 0 fully saturated rings. The highest BCUT2D eigenvalue weighted by Crippen LogP contribution is 2.53. The molecule has 0 N–H and O–H groups in total. The fourth-order valence-corrected chi connectivity index (χ4v) is 7.85. The van der Waals surface area contributed by atoms with Gasteiger partial charge in [0.15, 0.2) is 0 Å². The summed E-state index contributed by atoms with van der Waals surface area (Å²) in [5.41, 5.74) is 16.5. The molecule has 8 rings (SSSR count). The summed E-state index contributed by atoms with van der Waals surface area (Å²) in [5.74, 6) is 0.387. The second kappa shape index (κ2) is 11.7. The predicted octanol–water partition coefficient (Wildman–Crippen LogP) is 13.4. The summed E-state index contributed by atoms with van der Waals surface area (Å²) in [6.45, 7) is 11.6. The Morgan fingerprint density at radius 1 is 0.500 bits per heavy atom. The van der Waals surface area contributed by atoms with E-state index in [4.69, 9.17) is 0 Å². The summed E-state index contributed by atoms with van der Waals surface area (Å²) in [5, 5.41) is 2.47. The summed E-state index contributed by atoms with van der Waals surface area (Å²) >= 11 is 0. The van der Waals surface area contributed by atoms with E-state index in [-0.39, 0.29) is 5.41 Å². The average Bonchev–Trinajstić information content (AvgIpc) is 3.35. The smallest absolute Gasteiger partial charge is 0.0546 e. The number of hydrogen-bond donors (Lipinski definition) is 0. The van der Waals surface area contributed by atoms with Crippen LogP contribution in [0, 0.1) is 6.92 Å². The Morgan fingerprint density at radius 3 is 1.96 bits per heavy atom. The molecular formula is C47H41N. The Hall–Kier alpha value is -5.40. The highest BCUT2D eigenvalue weighted by Gasteiger charge is 2.37. The standard InChI is InChI=1S/C47H41N/c1-31(2)39-22-11-12-23-40(39)42-28-35-18-9-10-19-36(35)29-45(42)48(37-21-14-20-34(27-37)33-16-7-6-8-17-33)38-25-26-41-44(30-38)47(4,5)43-24-13-15-32(3)46(41)43/h6-31H,1-5H3. The summed E-state index contributed by atoms with van der Waals surface area (Å²) in [7, 11) is 0. The molecule has 0 spiro atoms. The van der Waals surface area contributed by atoms with Crippen LogP contribution in [0.2, 0.25) is 0 Å². The number of rotatable bonds is 6. The Kier molecular flexibility index (Phi) is 7.30. The minimum atomic E-state index is -0.110. The fourth-order valence-electron chi connectivity index (χ4n) is 7.85. The lowest BCUT2D eigenvalue weighted by atomic mass is 9.82. The molecule has 7 aromatic rings. The third-order valence-corrected chi connectivity index (χ3v) is 10.3. The van der Waals surface area contributed by atoms with Gasteiger partial charge in [-0.2, -0.15) is 0 Å². The third kappa shape index (κ3) is 4.93. The number of anilines is 3. The van der Waals surface area contributed by atoms with Gasteiger partial charge in [0.25, 0.3) is 0 Å². The van der Waals surface area contributed by atoms with Gasteiger partial charge in [0.1, 0.15) is 0 Å². The van der Waals surface area contributed by atoms with E-state index >= 15 is 0 Å². The second-order valence-corrected chi connectivity index (χ2v) is 14.1. The van der Waals surface area contributed by atoms with Crippen LogP contribution >= 0.6 is 0 Å². The molecule has 0 unspecified atom stereocenters. The first-order valence-corrected chi connectivity index (χ1v) is 17.1. The van der Waals surface area contributed by atoms with E-state index in [1.807, 2.05) is 0 Å². The van der Waals surface area contributed by atoms with Gasteiger partial charge in [-0.3, -0.25) is 0 Å². The Bertz CT molecular complexity index is 2310. The molecule has 0 radical (unpaired) electrons. The van der Waals surface area contributed by atoms with Gasteiger partial charge < -0.3 is 4.90 Å². The van der Waals surface area contributed by atoms with E-state index in [0.717, 1.165) is 11.4 Å². The van der Waals surface area contributed by atoms with Crippen LogP contribution < -0.4 is 4.90 Å². The molecule has 0 saturated carbocycles. The monoisotopic (exact) mass is 619 g/mol. The quantitative estimate of drug-likeness (QED) is 0.179. The number of fused-ring (bicyclic) bond motifs is 4. The van der Waals surface area contributed by atoms with Crippen LogP contribution in [0.5, 0.6) is 0 Å². The molecule has 0 aromatic heterocycles. The molecular weight excluding hydrogens is 579 g/mol. The molecule has 7 aromatic carbocycles. The third-order valence-electron chi connectivity index (χ3n) is 10.3. The molecule has 1 aliphatic rings. The van der Waals surface area contributed by atoms with E-state index in [2.05, 4.69) is 191 Å². The van der Waals surface area contributed by atoms with Gasteiger partial charge in [0.2, 0.25) is 0 Å². The lowest BCUT2D eigenvalue weighted by Crippen LogP contribution is -2.17. The maximum Gasteiger partial charge on any atom is 0.0546 e. The molecule has 1 aliphatic carbocycles. The van der Waals surface area contributed by atoms with Gasteiger partial charge in [0, 0.05) is 22.4 Å². The van der Waals surface area contributed by atoms with Gasteiger partial charge in [-0.25, -0.2) is 0 Å². The minimum Gasteiger partial charge on any atom is -0.310 e. The molecule has 0 aliphatic heterocycles. The maximum absolute atomic E-state index is 2.50. The first-order chi connectivity index (χ1) is 23.3. The number of nitrogens with zero attached hydrogens (tertiary/aromatic N) is 1. The van der Waals surface area contributed by atoms with Crippen LogP contribution in [0.15, 0.2) is 152 Å². The fraction of sp³-hybridized carbons (Fsp3) is 0.149. The van der Waals surface area contributed by atoms with Crippen molar-refractivity contribution in [2.24, 2.45) is 0 Å². The summed E-state index contributed by atoms with van der Waals surface area (Å²) in [6, 6.07) is 56.1. The molecule has 0 bridgehead atoms. The summed E-state index contributed by atoms with van der Waals surface area (Å²) in [4.78, 5) is 2.50. The van der Waals surface area contributed by atoms with E-state index in [1.54, 1.807) is 0 Å². The average molecular weight is 620 g/mol. The van der Waals surface area contributed by atoms with E-state index in [1.165, 1.54) is 72.1 Å². The molecule has 0 saturated heterocycles. The number of benzene rings is 7. The van der Waals surface area contributed by atoms with E-state index in [0.29, 0.717) is 5.92 Å². The van der Waals surface area contributed by atoms with Crippen molar-refractivity contribution in [2.75, 3.05) is 4.90 Å². The van der Waals surface area contributed by atoms with Crippen LogP contribution in [0.4, 0.5) is 17.1 Å². The number of aryl methyl sites for hydroxylation is 1. The SMILES string of the molecule is Cc1cccc2c1-c1ccc(N(c3cccc(-c4ccccc4)c3)c3cc4ccccc4cc3-c3ccccc3C(C)C)cc1C2(C)C. The minimum absolute atomic E-state index is 0.110. The zero-order chi connectivity index (χ0) is 33.0. The van der Waals surface area contributed by atoms with Crippen molar-refractivity contribution in [2.45, 2.75) is 46.0 Å². The zero-order valence-electron chi connectivity index (χ0n) is 28.5. The molecule has 1 heteroatoms. The Morgan fingerprint density at radius 2 is 1.17 bits per heavy atom. The van der Waals surface area contributed by atoms with Crippen molar-refractivity contribution in [3.05, 3.63) is 174 Å². The van der Waals surface area contributed by atoms with Gasteiger partial charge in [-0.05, 0) is 110 Å². The largest absolute Gasteiger partial charge is 0.310 e. The van der Waals surface area contributed by atoms with E-state index in [9.17, 15) is 0 Å². The zero-order valence-corrected chi connectivity index (χ0v) is 28.5. The molecule has 48 heavy (non-hydrogen) atoms. The Labute approximate surface area is 285 Å². The molecule has 0 atom stereocenters. The molecule has 0 heterocycles. The van der Waals surface area contributed by atoms with Crippen molar-refractivity contribution < 1.29 is 0 Å². The van der Waals surface area contributed by atoms with E-state index < -0.39 is 0 Å². The van der Waals surface area contributed by atoms with Crippen molar-refractivity contribution in [1.82, 2.24) is 0 Å².